The summed E-state index contributed by atoms with van der Waals surface area (Å²) in [7, 11) is 0. The summed E-state index contributed by atoms with van der Waals surface area (Å²) in [5, 5.41) is 2.70. The fraction of sp³-hybridized carbons (Fsp3) is 0.846. The smallest absolute Gasteiger partial charge is 0.303 e. The molecule has 1 amide bonds. The Morgan fingerprint density at radius 3 is 1.14 bits per heavy atom. The van der Waals surface area contributed by atoms with Crippen LogP contribution in [0.1, 0.15) is 176 Å². The maximum Gasteiger partial charge on any atom is 0.303 e. The van der Waals surface area contributed by atoms with Gasteiger partial charge >= 0.3 is 29.8 Å². The van der Waals surface area contributed by atoms with Crippen molar-refractivity contribution in [2.75, 3.05) is 13.2 Å². The van der Waals surface area contributed by atoms with Crippen LogP contribution in [0.4, 0.5) is 0 Å². The van der Waals surface area contributed by atoms with Gasteiger partial charge < -0.3 is 29.0 Å². The number of hydrogen-bond donors (Lipinski definition) is 1. The van der Waals surface area contributed by atoms with Gasteiger partial charge in [-0.15, -0.1) is 0 Å². The molecule has 0 saturated heterocycles. The van der Waals surface area contributed by atoms with E-state index in [-0.39, 0.29) is 6.54 Å². The Balaban J connectivity index is 4.61. The number of amides is 1. The van der Waals surface area contributed by atoms with Crippen LogP contribution in [0.5, 0.6) is 0 Å². The predicted octanol–water partition coefficient (Wildman–Crippen LogP) is 7.60. The standard InChI is InChI=1S/C39H69NO11/c1-7-8-9-10-11-12-13-14-15-16-17-18-19-20-21-22-23-24-25-26-27-28-40-39(46)38(51-34(6)45)37(50-33(5)44)36(49-32(4)43)35(48-31(3)42)29-47-30(2)41/h35-38H,7-29H2,1-6H3,(H,40,46)/t35-,36+,37-,38+/m1/s1. The van der Waals surface area contributed by atoms with Gasteiger partial charge in [-0.1, -0.05) is 135 Å². The van der Waals surface area contributed by atoms with Crippen LogP contribution in [0.15, 0.2) is 0 Å². The number of carbonyl (C=O) groups is 6. The van der Waals surface area contributed by atoms with Gasteiger partial charge in [-0.25, -0.2) is 0 Å². The van der Waals surface area contributed by atoms with Gasteiger partial charge in [0, 0.05) is 41.2 Å². The van der Waals surface area contributed by atoms with Crippen LogP contribution < -0.4 is 5.32 Å². The number of rotatable bonds is 32. The number of unbranched alkanes of at least 4 members (excludes halogenated alkanes) is 20. The Hall–Kier alpha value is -3.18. The number of carbonyl (C=O) groups excluding carboxylic acids is 6. The number of esters is 5. The van der Waals surface area contributed by atoms with Gasteiger partial charge in [0.05, 0.1) is 0 Å². The lowest BCUT2D eigenvalue weighted by molar-refractivity contribution is -0.203. The summed E-state index contributed by atoms with van der Waals surface area (Å²) in [6.07, 6.45) is 19.9. The van der Waals surface area contributed by atoms with Crippen molar-refractivity contribution in [3.63, 3.8) is 0 Å². The molecular weight excluding hydrogens is 658 g/mol. The molecule has 0 unspecified atom stereocenters. The monoisotopic (exact) mass is 727 g/mol. The molecule has 0 bridgehead atoms. The molecular formula is C39H69NO11. The van der Waals surface area contributed by atoms with Crippen LogP contribution in [-0.2, 0) is 52.5 Å². The van der Waals surface area contributed by atoms with Crippen LogP contribution in [0, 0.1) is 0 Å². The van der Waals surface area contributed by atoms with E-state index in [9.17, 15) is 28.8 Å². The Morgan fingerprint density at radius 2 is 0.784 bits per heavy atom. The van der Waals surface area contributed by atoms with Gasteiger partial charge in [0.25, 0.3) is 5.91 Å². The highest BCUT2D eigenvalue weighted by Gasteiger charge is 2.46. The van der Waals surface area contributed by atoms with E-state index in [0.29, 0.717) is 6.42 Å². The largest absolute Gasteiger partial charge is 0.462 e. The van der Waals surface area contributed by atoms with Crippen LogP contribution >= 0.6 is 0 Å². The summed E-state index contributed by atoms with van der Waals surface area (Å²) >= 11 is 0. The molecule has 0 aliphatic carbocycles. The van der Waals surface area contributed by atoms with Crippen molar-refractivity contribution in [1.82, 2.24) is 5.32 Å². The summed E-state index contributed by atoms with van der Waals surface area (Å²) in [6, 6.07) is 0. The second kappa shape index (κ2) is 31.5. The molecule has 12 nitrogen and oxygen atoms in total. The van der Waals surface area contributed by atoms with E-state index in [1.165, 1.54) is 109 Å². The Morgan fingerprint density at radius 1 is 0.431 bits per heavy atom. The van der Waals surface area contributed by atoms with E-state index in [0.717, 1.165) is 53.9 Å². The summed E-state index contributed by atoms with van der Waals surface area (Å²) in [6.45, 7) is 7.30. The van der Waals surface area contributed by atoms with Crippen molar-refractivity contribution < 1.29 is 52.5 Å². The quantitative estimate of drug-likeness (QED) is 0.0413. The molecule has 0 rings (SSSR count). The SMILES string of the molecule is CCCCCCCCCCCCCCCCCCCCCCCNC(=O)[C@@H](OC(C)=O)[C@H](OC(C)=O)[C@@H](OC(C)=O)[C@@H](COC(C)=O)OC(C)=O. The molecule has 0 aromatic carbocycles. The minimum atomic E-state index is -1.76. The van der Waals surface area contributed by atoms with Crippen LogP contribution in [-0.4, -0.2) is 73.3 Å². The van der Waals surface area contributed by atoms with E-state index >= 15 is 0 Å². The second-order valence-corrected chi connectivity index (χ2v) is 13.5. The zero-order valence-electron chi connectivity index (χ0n) is 32.6. The second-order valence-electron chi connectivity index (χ2n) is 13.5. The highest BCUT2D eigenvalue weighted by atomic mass is 16.6. The predicted molar refractivity (Wildman–Crippen MR) is 194 cm³/mol. The Kier molecular flexibility index (Phi) is 29.6. The van der Waals surface area contributed by atoms with Crippen LogP contribution in [0.2, 0.25) is 0 Å². The molecule has 1 N–H and O–H groups in total. The molecule has 4 atom stereocenters. The lowest BCUT2D eigenvalue weighted by atomic mass is 10.0. The van der Waals surface area contributed by atoms with Gasteiger partial charge in [-0.05, 0) is 6.42 Å². The first-order valence-corrected chi connectivity index (χ1v) is 19.5. The zero-order chi connectivity index (χ0) is 38.3. The summed E-state index contributed by atoms with van der Waals surface area (Å²) in [5.41, 5.74) is 0. The first-order valence-electron chi connectivity index (χ1n) is 19.5. The van der Waals surface area contributed by atoms with Crippen molar-refractivity contribution in [3.05, 3.63) is 0 Å². The van der Waals surface area contributed by atoms with E-state index in [1.807, 2.05) is 0 Å². The molecule has 0 aromatic rings. The Labute approximate surface area is 307 Å². The summed E-state index contributed by atoms with van der Waals surface area (Å²) in [4.78, 5) is 72.8. The van der Waals surface area contributed by atoms with Gasteiger partial charge in [-0.3, -0.25) is 28.8 Å². The molecule has 51 heavy (non-hydrogen) atoms. The molecule has 0 saturated carbocycles. The molecule has 0 aliphatic heterocycles. The van der Waals surface area contributed by atoms with Crippen molar-refractivity contribution >= 4 is 35.8 Å². The van der Waals surface area contributed by atoms with E-state index < -0.39 is 66.8 Å². The third-order valence-corrected chi connectivity index (χ3v) is 8.49. The molecule has 0 fully saturated rings. The fourth-order valence-electron chi connectivity index (χ4n) is 5.97. The first kappa shape index (κ1) is 47.8. The lowest BCUT2D eigenvalue weighted by Gasteiger charge is -2.34. The lowest BCUT2D eigenvalue weighted by Crippen LogP contribution is -2.57. The molecule has 296 valence electrons. The highest BCUT2D eigenvalue weighted by molar-refractivity contribution is 5.84. The first-order chi connectivity index (χ1) is 24.4. The molecule has 0 aromatic heterocycles. The van der Waals surface area contributed by atoms with Gasteiger partial charge in [0.15, 0.2) is 18.3 Å². The van der Waals surface area contributed by atoms with E-state index in [4.69, 9.17) is 23.7 Å². The Bertz CT molecular complexity index is 986. The zero-order valence-corrected chi connectivity index (χ0v) is 32.6. The summed E-state index contributed by atoms with van der Waals surface area (Å²) < 4.78 is 26.1. The third-order valence-electron chi connectivity index (χ3n) is 8.49. The maximum atomic E-state index is 13.3. The van der Waals surface area contributed by atoms with Gasteiger partial charge in [0.2, 0.25) is 6.10 Å². The summed E-state index contributed by atoms with van der Waals surface area (Å²) in [5.74, 6) is -4.98. The van der Waals surface area contributed by atoms with Crippen molar-refractivity contribution in [2.45, 2.75) is 201 Å². The molecule has 12 heteroatoms. The molecule has 0 aliphatic rings. The topological polar surface area (TPSA) is 161 Å². The minimum absolute atomic E-state index is 0.265. The van der Waals surface area contributed by atoms with Crippen LogP contribution in [0.25, 0.3) is 0 Å². The van der Waals surface area contributed by atoms with Crippen molar-refractivity contribution in [2.24, 2.45) is 0 Å². The normalized spacial score (nSPS) is 13.3. The average molecular weight is 728 g/mol. The van der Waals surface area contributed by atoms with Gasteiger partial charge in [-0.2, -0.15) is 0 Å². The minimum Gasteiger partial charge on any atom is -0.462 e. The van der Waals surface area contributed by atoms with E-state index in [1.54, 1.807) is 0 Å². The molecule has 0 radical (unpaired) electrons. The molecule has 0 heterocycles. The number of hydrogen-bond acceptors (Lipinski definition) is 11. The van der Waals surface area contributed by atoms with E-state index in [2.05, 4.69) is 12.2 Å². The van der Waals surface area contributed by atoms with Crippen molar-refractivity contribution in [3.8, 4) is 0 Å². The third kappa shape index (κ3) is 28.1. The molecule has 0 spiro atoms. The van der Waals surface area contributed by atoms with Gasteiger partial charge in [0.1, 0.15) is 6.61 Å². The van der Waals surface area contributed by atoms with Crippen LogP contribution in [0.3, 0.4) is 0 Å². The maximum absolute atomic E-state index is 13.3. The number of nitrogens with one attached hydrogen (secondary N) is 1. The highest BCUT2D eigenvalue weighted by Crippen LogP contribution is 2.21. The number of ether oxygens (including phenoxy) is 5. The average Bonchev–Trinajstić information content (AvgIpc) is 3.05. The fourth-order valence-corrected chi connectivity index (χ4v) is 5.97. The van der Waals surface area contributed by atoms with Crippen molar-refractivity contribution in [1.29, 1.82) is 0 Å².